The summed E-state index contributed by atoms with van der Waals surface area (Å²) < 4.78 is 0.781. The molecule has 174 valence electrons. The van der Waals surface area contributed by atoms with Crippen LogP contribution in [0.25, 0.3) is 0 Å². The number of carboxylic acids is 1. The maximum Gasteiger partial charge on any atom is 0.323 e. The molecule has 0 aliphatic heterocycles. The van der Waals surface area contributed by atoms with E-state index < -0.39 is 5.97 Å². The van der Waals surface area contributed by atoms with E-state index in [1.807, 2.05) is 17.0 Å². The number of nitrogens with zero attached hydrogens (tertiary/aromatic N) is 2. The third kappa shape index (κ3) is 7.98. The summed E-state index contributed by atoms with van der Waals surface area (Å²) in [4.78, 5) is 30.1. The van der Waals surface area contributed by atoms with Crippen molar-refractivity contribution in [2.45, 2.75) is 62.1 Å². The van der Waals surface area contributed by atoms with Crippen LogP contribution in [-0.2, 0) is 11.2 Å². The van der Waals surface area contributed by atoms with Gasteiger partial charge in [-0.15, -0.1) is 11.8 Å². The van der Waals surface area contributed by atoms with Crippen LogP contribution in [0.4, 0.5) is 9.93 Å². The van der Waals surface area contributed by atoms with Gasteiger partial charge in [-0.25, -0.2) is 9.78 Å². The number of aliphatic carboxylic acids is 1. The Hall–Kier alpha value is -1.77. The SMILES string of the molecule is C[C@H]1CC[C@H](N(CCCCc2ccc(Cl)cc2)C(=O)Nc2ncc(SCC(=O)O)s2)CC1. The van der Waals surface area contributed by atoms with Crippen LogP contribution in [0.1, 0.15) is 51.0 Å². The average molecular weight is 496 g/mol. The standard InChI is InChI=1S/C23H30ClN3O3S2/c1-16-5-11-19(12-6-16)27(13-3-2-4-17-7-9-18(24)10-8-17)23(30)26-22-25-14-21(32-22)31-15-20(28)29/h7-10,14,16,19H,2-6,11-13,15H2,1H3,(H,28,29)(H,25,26,30)/t16-,19-. The van der Waals surface area contributed by atoms with E-state index in [2.05, 4.69) is 29.4 Å². The smallest absolute Gasteiger partial charge is 0.323 e. The number of carbonyl (C=O) groups is 2. The van der Waals surface area contributed by atoms with Crippen LogP contribution in [0.15, 0.2) is 34.7 Å². The van der Waals surface area contributed by atoms with Gasteiger partial charge >= 0.3 is 12.0 Å². The van der Waals surface area contributed by atoms with Crippen LogP contribution in [0.2, 0.25) is 5.02 Å². The summed E-state index contributed by atoms with van der Waals surface area (Å²) in [5.41, 5.74) is 1.26. The van der Waals surface area contributed by atoms with Gasteiger partial charge in [0.25, 0.3) is 0 Å². The number of hydrogen-bond acceptors (Lipinski definition) is 5. The number of hydrogen-bond donors (Lipinski definition) is 2. The molecule has 2 aromatic rings. The molecule has 1 heterocycles. The summed E-state index contributed by atoms with van der Waals surface area (Å²) in [6.07, 6.45) is 8.87. The zero-order valence-corrected chi connectivity index (χ0v) is 20.6. The first-order valence-corrected chi connectivity index (χ1v) is 13.2. The van der Waals surface area contributed by atoms with Gasteiger partial charge < -0.3 is 10.0 Å². The van der Waals surface area contributed by atoms with Gasteiger partial charge in [0.15, 0.2) is 5.13 Å². The molecule has 0 radical (unpaired) electrons. The highest BCUT2D eigenvalue weighted by molar-refractivity contribution is 8.01. The van der Waals surface area contributed by atoms with Crippen LogP contribution in [0.5, 0.6) is 0 Å². The Kier molecular flexibility index (Phi) is 9.69. The summed E-state index contributed by atoms with van der Waals surface area (Å²) in [7, 11) is 0. The Morgan fingerprint density at radius 2 is 1.94 bits per heavy atom. The molecule has 1 aliphatic rings. The Morgan fingerprint density at radius 1 is 1.22 bits per heavy atom. The van der Waals surface area contributed by atoms with E-state index in [0.717, 1.165) is 54.2 Å². The third-order valence-corrected chi connectivity index (χ3v) is 8.10. The predicted molar refractivity (Wildman–Crippen MR) is 132 cm³/mol. The average Bonchev–Trinajstić information content (AvgIpc) is 3.21. The van der Waals surface area contributed by atoms with Gasteiger partial charge in [0.1, 0.15) is 0 Å². The number of aromatic nitrogens is 1. The second-order valence-electron chi connectivity index (χ2n) is 8.29. The third-order valence-electron chi connectivity index (χ3n) is 5.75. The summed E-state index contributed by atoms with van der Waals surface area (Å²) in [6, 6.07) is 8.08. The zero-order valence-electron chi connectivity index (χ0n) is 18.3. The molecular weight excluding hydrogens is 466 g/mol. The maximum absolute atomic E-state index is 13.1. The van der Waals surface area contributed by atoms with Crippen molar-refractivity contribution in [3.63, 3.8) is 0 Å². The number of carboxylic acid groups (broad SMARTS) is 1. The molecule has 1 saturated carbocycles. The molecule has 1 aliphatic carbocycles. The van der Waals surface area contributed by atoms with Gasteiger partial charge in [-0.2, -0.15) is 0 Å². The quantitative estimate of drug-likeness (QED) is 0.294. The Balaban J connectivity index is 1.55. The number of halogens is 1. The number of aryl methyl sites for hydroxylation is 1. The fraction of sp³-hybridized carbons (Fsp3) is 0.522. The minimum absolute atomic E-state index is 0.0183. The molecule has 0 bridgehead atoms. The van der Waals surface area contributed by atoms with Crippen molar-refractivity contribution < 1.29 is 14.7 Å². The van der Waals surface area contributed by atoms with E-state index in [1.54, 1.807) is 6.20 Å². The number of thioether (sulfide) groups is 1. The molecular formula is C23H30ClN3O3S2. The number of urea groups is 1. The molecule has 2 N–H and O–H groups in total. The summed E-state index contributed by atoms with van der Waals surface area (Å²) in [5, 5.41) is 13.0. The molecule has 0 unspecified atom stereocenters. The van der Waals surface area contributed by atoms with Gasteiger partial charge in [-0.05, 0) is 68.6 Å². The van der Waals surface area contributed by atoms with Crippen molar-refractivity contribution in [2.24, 2.45) is 5.92 Å². The van der Waals surface area contributed by atoms with E-state index in [4.69, 9.17) is 16.7 Å². The number of carbonyl (C=O) groups excluding carboxylic acids is 1. The van der Waals surface area contributed by atoms with E-state index in [-0.39, 0.29) is 17.8 Å². The molecule has 0 saturated heterocycles. The highest BCUT2D eigenvalue weighted by atomic mass is 35.5. The van der Waals surface area contributed by atoms with Crippen LogP contribution in [0.3, 0.4) is 0 Å². The first-order valence-electron chi connectivity index (χ1n) is 11.0. The molecule has 6 nitrogen and oxygen atoms in total. The second kappa shape index (κ2) is 12.5. The van der Waals surface area contributed by atoms with E-state index in [0.29, 0.717) is 17.6 Å². The Morgan fingerprint density at radius 3 is 2.62 bits per heavy atom. The van der Waals surface area contributed by atoms with Crippen molar-refractivity contribution in [1.82, 2.24) is 9.88 Å². The number of thiazole rings is 1. The van der Waals surface area contributed by atoms with Crippen molar-refractivity contribution in [1.29, 1.82) is 0 Å². The van der Waals surface area contributed by atoms with Gasteiger partial charge in [-0.1, -0.05) is 42.0 Å². The van der Waals surface area contributed by atoms with Crippen molar-refractivity contribution in [2.75, 3.05) is 17.6 Å². The lowest BCUT2D eigenvalue weighted by molar-refractivity contribution is -0.133. The lowest BCUT2D eigenvalue weighted by atomic mass is 9.86. The topological polar surface area (TPSA) is 82.5 Å². The Labute approximate surface area is 202 Å². The van der Waals surface area contributed by atoms with Crippen molar-refractivity contribution in [3.8, 4) is 0 Å². The Bertz CT molecular complexity index is 883. The van der Waals surface area contributed by atoms with E-state index in [1.165, 1.54) is 28.7 Å². The molecule has 0 spiro atoms. The summed E-state index contributed by atoms with van der Waals surface area (Å²) >= 11 is 8.49. The minimum Gasteiger partial charge on any atom is -0.481 e. The monoisotopic (exact) mass is 495 g/mol. The van der Waals surface area contributed by atoms with E-state index in [9.17, 15) is 9.59 Å². The molecule has 1 aromatic heterocycles. The largest absolute Gasteiger partial charge is 0.481 e. The van der Waals surface area contributed by atoms with Gasteiger partial charge in [0, 0.05) is 17.6 Å². The highest BCUT2D eigenvalue weighted by Crippen LogP contribution is 2.30. The fourth-order valence-electron chi connectivity index (χ4n) is 3.95. The van der Waals surface area contributed by atoms with Gasteiger partial charge in [0.2, 0.25) is 0 Å². The predicted octanol–water partition coefficient (Wildman–Crippen LogP) is 6.41. The molecule has 9 heteroatoms. The zero-order chi connectivity index (χ0) is 22.9. The van der Waals surface area contributed by atoms with E-state index >= 15 is 0 Å². The molecule has 3 rings (SSSR count). The first kappa shape index (κ1) is 24.9. The molecule has 1 fully saturated rings. The highest BCUT2D eigenvalue weighted by Gasteiger charge is 2.27. The van der Waals surface area contributed by atoms with Gasteiger partial charge in [-0.3, -0.25) is 10.1 Å². The molecule has 32 heavy (non-hydrogen) atoms. The summed E-state index contributed by atoms with van der Waals surface area (Å²) in [5.74, 6) is -0.172. The number of anilines is 1. The molecule has 0 atom stereocenters. The van der Waals surface area contributed by atoms with Crippen molar-refractivity contribution >= 4 is 51.8 Å². The number of amides is 2. The van der Waals surface area contributed by atoms with Crippen LogP contribution in [-0.4, -0.2) is 45.3 Å². The molecule has 1 aromatic carbocycles. The second-order valence-corrected chi connectivity index (χ2v) is 11.0. The fourth-order valence-corrected chi connectivity index (χ4v) is 5.65. The minimum atomic E-state index is -0.870. The van der Waals surface area contributed by atoms with Crippen LogP contribution >= 0.6 is 34.7 Å². The summed E-state index contributed by atoms with van der Waals surface area (Å²) in [6.45, 7) is 2.99. The number of unbranched alkanes of at least 4 members (excludes halogenated alkanes) is 1. The number of benzene rings is 1. The molecule has 2 amide bonds. The maximum atomic E-state index is 13.1. The number of rotatable bonds is 10. The lowest BCUT2D eigenvalue weighted by Gasteiger charge is -2.36. The normalized spacial score (nSPS) is 18.3. The lowest BCUT2D eigenvalue weighted by Crippen LogP contribution is -2.45. The van der Waals surface area contributed by atoms with Crippen LogP contribution in [0, 0.1) is 5.92 Å². The van der Waals surface area contributed by atoms with Gasteiger partial charge in [0.05, 0.1) is 16.2 Å². The number of nitrogens with one attached hydrogen (secondary N) is 1. The first-order chi connectivity index (χ1) is 15.4. The van der Waals surface area contributed by atoms with Crippen LogP contribution < -0.4 is 5.32 Å². The van der Waals surface area contributed by atoms with Crippen molar-refractivity contribution in [3.05, 3.63) is 41.0 Å².